The summed E-state index contributed by atoms with van der Waals surface area (Å²) in [6.45, 7) is 0. The molecule has 0 bridgehead atoms. The number of rotatable bonds is 1. The molecule has 34 valence electrons. The van der Waals surface area contributed by atoms with Crippen LogP contribution in [0.3, 0.4) is 0 Å². The van der Waals surface area contributed by atoms with Crippen LogP contribution in [0.1, 0.15) is 0 Å². The fourth-order valence-corrected chi connectivity index (χ4v) is 0. The fourth-order valence-electron chi connectivity index (χ4n) is 0. The highest BCUT2D eigenvalue weighted by Gasteiger charge is 2.01. The van der Waals surface area contributed by atoms with Gasteiger partial charge >= 0.3 is 7.98 Å². The molecule has 0 spiro atoms. The van der Waals surface area contributed by atoms with Gasteiger partial charge in [-0.25, -0.2) is 0 Å². The van der Waals surface area contributed by atoms with E-state index in [0.29, 0.717) is 10.4 Å². The maximum Gasteiger partial charge on any atom is 0.481 e. The molecule has 0 aliphatic rings. The molecule has 0 atom stereocenters. The second-order valence-corrected chi connectivity index (χ2v) is 2.14. The molecule has 2 radical (unpaired) electrons. The van der Waals surface area contributed by atoms with E-state index in [4.69, 9.17) is 19.6 Å². The van der Waals surface area contributed by atoms with E-state index in [1.165, 1.54) is 0 Å². The van der Waals surface area contributed by atoms with E-state index >= 15 is 0 Å². The number of quaternary nitrogens is 1. The summed E-state index contributed by atoms with van der Waals surface area (Å²) in [6.07, 6.45) is 0. The quantitative estimate of drug-likeness (QED) is 0.256. The highest BCUT2D eigenvalue weighted by atomic mass is 35.5. The van der Waals surface area contributed by atoms with Crippen LogP contribution in [-0.2, 0) is 0 Å². The summed E-state index contributed by atoms with van der Waals surface area (Å²) in [5, 5.41) is 0. The monoisotopic (exact) mass is 104 g/mol. The fraction of sp³-hybridized carbons (Fsp3) is 1.00. The predicted molar refractivity (Wildman–Crippen MR) is 28.6 cm³/mol. The second kappa shape index (κ2) is 1.85. The Morgan fingerprint density at radius 3 is 1.83 bits per heavy atom. The molecule has 0 aromatic rings. The third-order valence-corrected chi connectivity index (χ3v) is 0.924. The third kappa shape index (κ3) is 4.31. The van der Waals surface area contributed by atoms with E-state index in [-0.39, 0.29) is 0 Å². The Morgan fingerprint density at radius 2 is 1.83 bits per heavy atom. The predicted octanol–water partition coefficient (Wildman–Crippen LogP) is 0.343. The van der Waals surface area contributed by atoms with Crippen LogP contribution >= 0.6 is 11.6 Å². The van der Waals surface area contributed by atoms with Crippen LogP contribution in [-0.4, -0.2) is 32.5 Å². The summed E-state index contributed by atoms with van der Waals surface area (Å²) in [5.74, 6) is 0. The van der Waals surface area contributed by atoms with Gasteiger partial charge in [0.05, 0.1) is 0 Å². The molecule has 0 aromatic heterocycles. The second-order valence-electron chi connectivity index (χ2n) is 1.90. The number of halogens is 1. The molecular formula is C3H8BClN+. The largest absolute Gasteiger partial charge is 0.481 e. The molecular weight excluding hydrogens is 96.3 g/mol. The zero-order valence-corrected chi connectivity index (χ0v) is 4.87. The minimum atomic E-state index is 0.335. The Labute approximate surface area is 44.9 Å². The SMILES string of the molecule is [B][N+](C)(C)CCl. The maximum atomic E-state index is 5.34. The van der Waals surface area contributed by atoms with Gasteiger partial charge in [0, 0.05) is 14.1 Å². The highest BCUT2D eigenvalue weighted by molar-refractivity contribution is 6.18. The number of hydrogen-bond acceptors (Lipinski definition) is 0. The van der Waals surface area contributed by atoms with Gasteiger partial charge in [0.1, 0.15) is 6.00 Å². The first-order valence-electron chi connectivity index (χ1n) is 1.74. The van der Waals surface area contributed by atoms with Crippen molar-refractivity contribution in [2.45, 2.75) is 0 Å². The molecule has 0 fully saturated rings. The van der Waals surface area contributed by atoms with E-state index in [1.54, 1.807) is 0 Å². The van der Waals surface area contributed by atoms with Gasteiger partial charge in [-0.15, -0.1) is 0 Å². The van der Waals surface area contributed by atoms with Gasteiger partial charge in [-0.1, -0.05) is 11.6 Å². The third-order valence-electron chi connectivity index (χ3n) is 0.308. The molecule has 3 heteroatoms. The van der Waals surface area contributed by atoms with Gasteiger partial charge in [0.25, 0.3) is 0 Å². The van der Waals surface area contributed by atoms with E-state index in [1.807, 2.05) is 14.1 Å². The standard InChI is InChI=1S/C3H8BClN/c1-6(2,4)3-5/h3H2,1-2H3/q+1. The lowest BCUT2D eigenvalue weighted by molar-refractivity contribution is -0.759. The lowest BCUT2D eigenvalue weighted by Crippen LogP contribution is -2.34. The first-order valence-corrected chi connectivity index (χ1v) is 2.27. The average Bonchev–Trinajstić information content (AvgIpc) is 1.35. The van der Waals surface area contributed by atoms with Crippen molar-refractivity contribution in [2.24, 2.45) is 0 Å². The molecule has 0 rings (SSSR count). The van der Waals surface area contributed by atoms with E-state index < -0.39 is 0 Å². The summed E-state index contributed by atoms with van der Waals surface area (Å²) in [4.78, 5) is 0. The van der Waals surface area contributed by atoms with Crippen molar-refractivity contribution in [3.63, 3.8) is 0 Å². The summed E-state index contributed by atoms with van der Waals surface area (Å²) < 4.78 is 0.335. The van der Waals surface area contributed by atoms with Crippen LogP contribution in [0.4, 0.5) is 0 Å². The molecule has 0 saturated heterocycles. The van der Waals surface area contributed by atoms with Crippen molar-refractivity contribution in [1.82, 2.24) is 0 Å². The molecule has 0 aromatic carbocycles. The van der Waals surface area contributed by atoms with Crippen molar-refractivity contribution in [3.05, 3.63) is 0 Å². The van der Waals surface area contributed by atoms with Crippen LogP contribution in [0.2, 0.25) is 0 Å². The van der Waals surface area contributed by atoms with E-state index in [0.717, 1.165) is 0 Å². The summed E-state index contributed by atoms with van der Waals surface area (Å²) in [5.41, 5.74) is 0. The number of alkyl halides is 1. The zero-order valence-electron chi connectivity index (χ0n) is 4.11. The van der Waals surface area contributed by atoms with Crippen LogP contribution < -0.4 is 0 Å². The summed E-state index contributed by atoms with van der Waals surface area (Å²) >= 11 is 5.32. The molecule has 0 unspecified atom stereocenters. The smallest absolute Gasteiger partial charge is 0.389 e. The van der Waals surface area contributed by atoms with Gasteiger partial charge in [-0.05, 0) is 0 Å². The van der Waals surface area contributed by atoms with Gasteiger partial charge in [0.15, 0.2) is 0 Å². The van der Waals surface area contributed by atoms with Crippen molar-refractivity contribution in [1.29, 1.82) is 0 Å². The van der Waals surface area contributed by atoms with Gasteiger partial charge in [-0.2, -0.15) is 0 Å². The Bertz CT molecular complexity index is 40.5. The van der Waals surface area contributed by atoms with Gasteiger partial charge < -0.3 is 4.39 Å². The minimum absolute atomic E-state index is 0.335. The lowest BCUT2D eigenvalue weighted by Gasteiger charge is -2.19. The Balaban J connectivity index is 3.17. The first kappa shape index (κ1) is 6.31. The summed E-state index contributed by atoms with van der Waals surface area (Å²) in [7, 11) is 8.99. The average molecular weight is 104 g/mol. The maximum absolute atomic E-state index is 5.34. The Kier molecular flexibility index (Phi) is 1.95. The van der Waals surface area contributed by atoms with Crippen LogP contribution in [0.15, 0.2) is 0 Å². The molecule has 6 heavy (non-hydrogen) atoms. The molecule has 0 heterocycles. The van der Waals surface area contributed by atoms with Crippen LogP contribution in [0.5, 0.6) is 0 Å². The van der Waals surface area contributed by atoms with Crippen LogP contribution in [0.25, 0.3) is 0 Å². The van der Waals surface area contributed by atoms with Gasteiger partial charge in [-0.3, -0.25) is 0 Å². The Hall–Kier alpha value is 0.315. The number of nitrogens with zero attached hydrogens (tertiary/aromatic N) is 1. The first-order chi connectivity index (χ1) is 2.56. The molecule has 1 nitrogen and oxygen atoms in total. The Morgan fingerprint density at radius 1 is 1.67 bits per heavy atom. The summed E-state index contributed by atoms with van der Waals surface area (Å²) in [6, 6.07) is 0.458. The van der Waals surface area contributed by atoms with Crippen molar-refractivity contribution in [2.75, 3.05) is 20.1 Å². The zero-order chi connectivity index (χ0) is 5.21. The lowest BCUT2D eigenvalue weighted by atomic mass is 10.3. The molecule has 0 aliphatic carbocycles. The molecule has 0 aliphatic heterocycles. The van der Waals surface area contributed by atoms with Crippen molar-refractivity contribution >= 4 is 19.6 Å². The van der Waals surface area contributed by atoms with Crippen molar-refractivity contribution in [3.8, 4) is 0 Å². The van der Waals surface area contributed by atoms with E-state index in [9.17, 15) is 0 Å². The minimum Gasteiger partial charge on any atom is -0.389 e. The molecule has 0 amide bonds. The topological polar surface area (TPSA) is 0 Å². The molecule has 0 saturated carbocycles. The number of hydrogen-bond donors (Lipinski definition) is 0. The van der Waals surface area contributed by atoms with Crippen molar-refractivity contribution < 1.29 is 4.39 Å². The molecule has 0 N–H and O–H groups in total. The normalized spacial score (nSPS) is 11.8. The van der Waals surface area contributed by atoms with Crippen LogP contribution in [0, 0.1) is 0 Å². The highest BCUT2D eigenvalue weighted by Crippen LogP contribution is 1.88. The van der Waals surface area contributed by atoms with E-state index in [2.05, 4.69) is 0 Å². The van der Waals surface area contributed by atoms with Gasteiger partial charge in [0.2, 0.25) is 0 Å².